The number of pyridine rings is 1. The van der Waals surface area contributed by atoms with Gasteiger partial charge < -0.3 is 9.47 Å². The Kier molecular flexibility index (Phi) is 3.62. The van der Waals surface area contributed by atoms with Crippen LogP contribution in [0.4, 0.5) is 8.78 Å². The summed E-state index contributed by atoms with van der Waals surface area (Å²) in [5.74, 6) is -0.0787. The lowest BCUT2D eigenvalue weighted by Gasteiger charge is -2.11. The molecule has 78 valence electrons. The normalized spacial score (nSPS) is 10.4. The largest absolute Gasteiger partial charge is 0.496 e. The number of halogens is 3. The smallest absolute Gasteiger partial charge is 0.272 e. The molecule has 0 saturated heterocycles. The van der Waals surface area contributed by atoms with Crippen LogP contribution in [0, 0.1) is 0 Å². The van der Waals surface area contributed by atoms with Gasteiger partial charge in [-0.05, 0) is 15.9 Å². The quantitative estimate of drug-likeness (QED) is 0.790. The molecule has 1 heterocycles. The molecule has 0 atom stereocenters. The predicted octanol–water partition coefficient (Wildman–Crippen LogP) is 2.80. The molecule has 0 amide bonds. The van der Waals surface area contributed by atoms with E-state index in [0.717, 1.165) is 0 Å². The third-order valence-corrected chi connectivity index (χ3v) is 1.99. The molecule has 6 heteroatoms. The first-order chi connectivity index (χ1) is 6.60. The van der Waals surface area contributed by atoms with Gasteiger partial charge in [-0.2, -0.15) is 0 Å². The number of methoxy groups -OCH3 is 2. The van der Waals surface area contributed by atoms with Crippen LogP contribution in [-0.4, -0.2) is 19.2 Å². The zero-order valence-electron chi connectivity index (χ0n) is 7.55. The highest BCUT2D eigenvalue weighted by Crippen LogP contribution is 2.37. The highest BCUT2D eigenvalue weighted by atomic mass is 79.9. The molecular formula is C8H8BrF2NO2. The summed E-state index contributed by atoms with van der Waals surface area (Å²) in [7, 11) is 2.59. The maximum absolute atomic E-state index is 12.6. The number of alkyl halides is 2. The Bertz CT molecular complexity index is 308. The van der Waals surface area contributed by atoms with Crippen LogP contribution in [0.15, 0.2) is 10.7 Å². The summed E-state index contributed by atoms with van der Waals surface area (Å²) in [6.07, 6.45) is -2.68. The maximum Gasteiger partial charge on any atom is 0.272 e. The summed E-state index contributed by atoms with van der Waals surface area (Å²) in [5.41, 5.74) is -0.335. The molecule has 1 aromatic rings. The monoisotopic (exact) mass is 267 g/mol. The number of rotatable bonds is 3. The van der Waals surface area contributed by atoms with Crippen molar-refractivity contribution in [1.29, 1.82) is 0 Å². The average Bonchev–Trinajstić information content (AvgIpc) is 2.15. The zero-order chi connectivity index (χ0) is 10.7. The Balaban J connectivity index is 3.33. The van der Waals surface area contributed by atoms with E-state index in [1.807, 2.05) is 0 Å². The lowest BCUT2D eigenvalue weighted by molar-refractivity contribution is 0.141. The Morgan fingerprint density at radius 2 is 2.00 bits per heavy atom. The zero-order valence-corrected chi connectivity index (χ0v) is 9.14. The van der Waals surface area contributed by atoms with E-state index >= 15 is 0 Å². The highest BCUT2D eigenvalue weighted by molar-refractivity contribution is 9.10. The third-order valence-electron chi connectivity index (χ3n) is 1.59. The second kappa shape index (κ2) is 4.54. The summed E-state index contributed by atoms with van der Waals surface area (Å²) < 4.78 is 35.1. The summed E-state index contributed by atoms with van der Waals surface area (Å²) in [5, 5.41) is 0. The van der Waals surface area contributed by atoms with Gasteiger partial charge in [0.2, 0.25) is 5.88 Å². The van der Waals surface area contributed by atoms with E-state index < -0.39 is 6.43 Å². The highest BCUT2D eigenvalue weighted by Gasteiger charge is 2.21. The Morgan fingerprint density at radius 1 is 1.36 bits per heavy atom. The van der Waals surface area contributed by atoms with Gasteiger partial charge >= 0.3 is 0 Å². The number of nitrogens with zero attached hydrogens (tertiary/aromatic N) is 1. The molecule has 0 radical (unpaired) electrons. The van der Waals surface area contributed by atoms with E-state index in [1.54, 1.807) is 0 Å². The molecule has 0 N–H and O–H groups in total. The van der Waals surface area contributed by atoms with Crippen LogP contribution in [0.25, 0.3) is 0 Å². The van der Waals surface area contributed by atoms with Crippen molar-refractivity contribution >= 4 is 15.9 Å². The SMILES string of the molecule is COc1cc(Br)nc(OC)c1C(F)F. The van der Waals surface area contributed by atoms with Gasteiger partial charge in [-0.15, -0.1) is 0 Å². The first-order valence-electron chi connectivity index (χ1n) is 3.66. The average molecular weight is 268 g/mol. The van der Waals surface area contributed by atoms with Crippen LogP contribution in [0.5, 0.6) is 11.6 Å². The minimum absolute atomic E-state index is 0.0544. The minimum atomic E-state index is -2.68. The lowest BCUT2D eigenvalue weighted by atomic mass is 10.2. The van der Waals surface area contributed by atoms with E-state index in [-0.39, 0.29) is 17.2 Å². The van der Waals surface area contributed by atoms with Gasteiger partial charge in [-0.3, -0.25) is 0 Å². The van der Waals surface area contributed by atoms with Gasteiger partial charge in [0.25, 0.3) is 6.43 Å². The van der Waals surface area contributed by atoms with Crippen LogP contribution in [0.3, 0.4) is 0 Å². The van der Waals surface area contributed by atoms with Crippen LogP contribution < -0.4 is 9.47 Å². The van der Waals surface area contributed by atoms with E-state index in [1.165, 1.54) is 20.3 Å². The van der Waals surface area contributed by atoms with E-state index in [4.69, 9.17) is 9.47 Å². The fourth-order valence-corrected chi connectivity index (χ4v) is 1.38. The molecule has 1 aromatic heterocycles. The Labute approximate surface area is 88.2 Å². The molecule has 0 aliphatic carbocycles. The van der Waals surface area contributed by atoms with Crippen molar-refractivity contribution in [3.8, 4) is 11.6 Å². The molecular weight excluding hydrogens is 260 g/mol. The molecule has 0 aliphatic rings. The summed E-state index contributed by atoms with van der Waals surface area (Å²) >= 11 is 3.06. The number of ether oxygens (including phenoxy) is 2. The van der Waals surface area contributed by atoms with Crippen molar-refractivity contribution in [2.75, 3.05) is 14.2 Å². The summed E-state index contributed by atoms with van der Waals surface area (Å²) in [6.45, 7) is 0. The molecule has 1 rings (SSSR count). The molecule has 14 heavy (non-hydrogen) atoms. The van der Waals surface area contributed by atoms with Crippen molar-refractivity contribution in [3.05, 3.63) is 16.2 Å². The predicted molar refractivity (Wildman–Crippen MR) is 50.0 cm³/mol. The molecule has 0 fully saturated rings. The topological polar surface area (TPSA) is 31.4 Å². The number of hydrogen-bond acceptors (Lipinski definition) is 3. The van der Waals surface area contributed by atoms with E-state index in [9.17, 15) is 8.78 Å². The fourth-order valence-electron chi connectivity index (χ4n) is 1.01. The first kappa shape index (κ1) is 11.2. The van der Waals surface area contributed by atoms with E-state index in [2.05, 4.69) is 20.9 Å². The minimum Gasteiger partial charge on any atom is -0.496 e. The first-order valence-corrected chi connectivity index (χ1v) is 4.46. The Morgan fingerprint density at radius 3 is 2.43 bits per heavy atom. The molecule has 0 unspecified atom stereocenters. The van der Waals surface area contributed by atoms with Gasteiger partial charge in [0.15, 0.2) is 0 Å². The van der Waals surface area contributed by atoms with Gasteiger partial charge in [-0.25, -0.2) is 13.8 Å². The number of aromatic nitrogens is 1. The van der Waals surface area contributed by atoms with Gasteiger partial charge in [0.1, 0.15) is 15.9 Å². The molecule has 0 aromatic carbocycles. The molecule has 0 bridgehead atoms. The standard InChI is InChI=1S/C8H8BrF2NO2/c1-13-4-3-5(9)12-8(14-2)6(4)7(10)11/h3,7H,1-2H3. The molecule has 0 spiro atoms. The van der Waals surface area contributed by atoms with Crippen LogP contribution in [-0.2, 0) is 0 Å². The van der Waals surface area contributed by atoms with Crippen molar-refractivity contribution in [2.45, 2.75) is 6.43 Å². The third kappa shape index (κ3) is 2.12. The van der Waals surface area contributed by atoms with E-state index in [0.29, 0.717) is 4.60 Å². The van der Waals surface area contributed by atoms with Crippen molar-refractivity contribution in [2.24, 2.45) is 0 Å². The van der Waals surface area contributed by atoms with Gasteiger partial charge in [-0.1, -0.05) is 0 Å². The van der Waals surface area contributed by atoms with Crippen molar-refractivity contribution in [3.63, 3.8) is 0 Å². The van der Waals surface area contributed by atoms with Crippen LogP contribution in [0.2, 0.25) is 0 Å². The second-order valence-corrected chi connectivity index (χ2v) is 3.18. The van der Waals surface area contributed by atoms with Gasteiger partial charge in [0.05, 0.1) is 14.2 Å². The van der Waals surface area contributed by atoms with Crippen LogP contribution in [0.1, 0.15) is 12.0 Å². The fraction of sp³-hybridized carbons (Fsp3) is 0.375. The summed E-state index contributed by atoms with van der Waals surface area (Å²) in [4.78, 5) is 3.76. The molecule has 3 nitrogen and oxygen atoms in total. The Hall–Kier alpha value is -0.910. The lowest BCUT2D eigenvalue weighted by Crippen LogP contribution is -2.00. The molecule has 0 aliphatic heterocycles. The van der Waals surface area contributed by atoms with Crippen molar-refractivity contribution < 1.29 is 18.3 Å². The van der Waals surface area contributed by atoms with Crippen LogP contribution >= 0.6 is 15.9 Å². The maximum atomic E-state index is 12.6. The van der Waals surface area contributed by atoms with Crippen molar-refractivity contribution in [1.82, 2.24) is 4.98 Å². The summed E-state index contributed by atoms with van der Waals surface area (Å²) in [6, 6.07) is 1.37. The molecule has 0 saturated carbocycles. The van der Waals surface area contributed by atoms with Gasteiger partial charge in [0, 0.05) is 6.07 Å². The second-order valence-electron chi connectivity index (χ2n) is 2.37. The number of hydrogen-bond donors (Lipinski definition) is 0.